The van der Waals surface area contributed by atoms with Crippen molar-refractivity contribution in [3.8, 4) is 0 Å². The maximum Gasteiger partial charge on any atom is 0.389 e. The third kappa shape index (κ3) is 7.11. The maximum atomic E-state index is 12.0. The lowest BCUT2D eigenvalue weighted by molar-refractivity contribution is -0.136. The summed E-state index contributed by atoms with van der Waals surface area (Å²) in [5, 5.41) is 0. The van der Waals surface area contributed by atoms with Crippen LogP contribution in [0.4, 0.5) is 13.2 Å². The van der Waals surface area contributed by atoms with Gasteiger partial charge in [0.25, 0.3) is 0 Å². The van der Waals surface area contributed by atoms with Crippen molar-refractivity contribution in [1.82, 2.24) is 4.90 Å². The van der Waals surface area contributed by atoms with E-state index < -0.39 is 12.6 Å². The minimum Gasteiger partial charge on any atom is -0.377 e. The van der Waals surface area contributed by atoms with E-state index in [0.29, 0.717) is 19.0 Å². The second kappa shape index (κ2) is 7.44. The Morgan fingerprint density at radius 2 is 1.88 bits per heavy atom. The van der Waals surface area contributed by atoms with E-state index in [1.54, 1.807) is 0 Å². The van der Waals surface area contributed by atoms with Crippen LogP contribution < -0.4 is 0 Å². The van der Waals surface area contributed by atoms with E-state index in [0.717, 1.165) is 25.9 Å². The molecule has 0 unspecified atom stereocenters. The van der Waals surface area contributed by atoms with Crippen molar-refractivity contribution in [3.05, 3.63) is 0 Å². The van der Waals surface area contributed by atoms with Crippen molar-refractivity contribution in [2.45, 2.75) is 38.0 Å². The highest BCUT2D eigenvalue weighted by Crippen LogP contribution is 2.22. The average molecular weight is 274 g/mol. The molecule has 0 aliphatic carbocycles. The highest BCUT2D eigenvalue weighted by Gasteiger charge is 2.27. The minimum atomic E-state index is -4.03. The Morgan fingerprint density at radius 3 is 2.41 bits per heavy atom. The number of nitrogens with zero attached hydrogens (tertiary/aromatic N) is 1. The van der Waals surface area contributed by atoms with E-state index >= 15 is 0 Å². The molecule has 6 heteroatoms. The number of rotatable bonds is 6. The number of alkyl halides is 4. The molecular weight excluding hydrogens is 255 g/mol. The number of piperidine rings is 1. The smallest absolute Gasteiger partial charge is 0.377 e. The number of halogens is 4. The van der Waals surface area contributed by atoms with Gasteiger partial charge in [0, 0.05) is 25.4 Å². The molecule has 0 radical (unpaired) electrons. The zero-order valence-corrected chi connectivity index (χ0v) is 10.6. The van der Waals surface area contributed by atoms with Crippen LogP contribution in [0, 0.1) is 0 Å². The molecule has 1 saturated heterocycles. The van der Waals surface area contributed by atoms with E-state index in [1.165, 1.54) is 0 Å². The first kappa shape index (κ1) is 15.1. The van der Waals surface area contributed by atoms with Crippen LogP contribution in [0.1, 0.15) is 25.7 Å². The van der Waals surface area contributed by atoms with Crippen molar-refractivity contribution in [3.63, 3.8) is 0 Å². The zero-order chi connectivity index (χ0) is 12.7. The summed E-state index contributed by atoms with van der Waals surface area (Å²) in [4.78, 5) is 2.08. The molecule has 0 amide bonds. The van der Waals surface area contributed by atoms with Gasteiger partial charge in [-0.3, -0.25) is 0 Å². The topological polar surface area (TPSA) is 12.5 Å². The Bertz CT molecular complexity index is 205. The molecule has 102 valence electrons. The van der Waals surface area contributed by atoms with Gasteiger partial charge >= 0.3 is 6.18 Å². The van der Waals surface area contributed by atoms with E-state index in [1.807, 2.05) is 0 Å². The van der Waals surface area contributed by atoms with Crippen LogP contribution >= 0.6 is 11.6 Å². The number of hydrogen-bond acceptors (Lipinski definition) is 2. The summed E-state index contributed by atoms with van der Waals surface area (Å²) in [5.41, 5.74) is 0. The van der Waals surface area contributed by atoms with E-state index in [2.05, 4.69) is 4.90 Å². The van der Waals surface area contributed by atoms with Crippen LogP contribution in [0.15, 0.2) is 0 Å². The van der Waals surface area contributed by atoms with Crippen LogP contribution in [0.5, 0.6) is 0 Å². The molecule has 1 rings (SSSR count). The molecule has 0 aromatic carbocycles. The van der Waals surface area contributed by atoms with Gasteiger partial charge in [0.05, 0.1) is 12.7 Å². The monoisotopic (exact) mass is 273 g/mol. The van der Waals surface area contributed by atoms with Gasteiger partial charge in [0.15, 0.2) is 0 Å². The Hall–Kier alpha value is 0. The molecule has 2 nitrogen and oxygen atoms in total. The van der Waals surface area contributed by atoms with Gasteiger partial charge < -0.3 is 9.64 Å². The fraction of sp³-hybridized carbons (Fsp3) is 1.00. The lowest BCUT2D eigenvalue weighted by Crippen LogP contribution is -2.38. The standard InChI is InChI=1S/C11H19ClF3NO/c12-5-9-17-10-2-7-16(8-3-10)6-1-4-11(13,14)15/h10H,1-9H2. The van der Waals surface area contributed by atoms with Crippen LogP contribution in [-0.2, 0) is 4.74 Å². The summed E-state index contributed by atoms with van der Waals surface area (Å²) in [6.45, 7) is 2.73. The summed E-state index contributed by atoms with van der Waals surface area (Å²) in [5.74, 6) is 0.492. The van der Waals surface area contributed by atoms with E-state index in [4.69, 9.17) is 16.3 Å². The summed E-state index contributed by atoms with van der Waals surface area (Å²) >= 11 is 5.52. The summed E-state index contributed by atoms with van der Waals surface area (Å²) in [6, 6.07) is 0. The van der Waals surface area contributed by atoms with E-state index in [9.17, 15) is 13.2 Å². The molecule has 0 aromatic rings. The zero-order valence-electron chi connectivity index (χ0n) is 9.81. The third-order valence-corrected chi connectivity index (χ3v) is 3.05. The lowest BCUT2D eigenvalue weighted by Gasteiger charge is -2.31. The Kier molecular flexibility index (Phi) is 6.59. The average Bonchev–Trinajstić information content (AvgIpc) is 2.26. The molecule has 0 atom stereocenters. The van der Waals surface area contributed by atoms with Crippen LogP contribution in [0.25, 0.3) is 0 Å². The van der Waals surface area contributed by atoms with Gasteiger partial charge in [-0.25, -0.2) is 0 Å². The Labute approximate surface area is 105 Å². The largest absolute Gasteiger partial charge is 0.389 e. The molecule has 1 heterocycles. The molecule has 0 aromatic heterocycles. The predicted molar refractivity (Wildman–Crippen MR) is 61.4 cm³/mol. The number of likely N-dealkylation sites (tertiary alicyclic amines) is 1. The van der Waals surface area contributed by atoms with Gasteiger partial charge in [-0.05, 0) is 25.8 Å². The van der Waals surface area contributed by atoms with Crippen molar-refractivity contribution in [1.29, 1.82) is 0 Å². The van der Waals surface area contributed by atoms with E-state index in [-0.39, 0.29) is 12.5 Å². The quantitative estimate of drug-likeness (QED) is 0.690. The molecule has 0 saturated carbocycles. The first-order chi connectivity index (χ1) is 8.01. The first-order valence-corrected chi connectivity index (χ1v) is 6.51. The Morgan fingerprint density at radius 1 is 1.24 bits per heavy atom. The third-order valence-electron chi connectivity index (χ3n) is 2.90. The summed E-state index contributed by atoms with van der Waals surface area (Å²) in [6.07, 6.45) is -2.51. The van der Waals surface area contributed by atoms with Gasteiger partial charge in [0.2, 0.25) is 0 Å². The van der Waals surface area contributed by atoms with Crippen molar-refractivity contribution in [2.24, 2.45) is 0 Å². The molecule has 0 N–H and O–H groups in total. The Balaban J connectivity index is 2.07. The molecule has 0 bridgehead atoms. The second-order valence-corrected chi connectivity index (χ2v) is 4.70. The highest BCUT2D eigenvalue weighted by molar-refractivity contribution is 6.17. The number of ether oxygens (including phenoxy) is 1. The molecular formula is C11H19ClF3NO. The molecule has 17 heavy (non-hydrogen) atoms. The SMILES string of the molecule is FC(F)(F)CCCN1CCC(OCCCl)CC1. The predicted octanol–water partition coefficient (Wildman–Crippen LogP) is 3.05. The van der Waals surface area contributed by atoms with Crippen LogP contribution in [0.3, 0.4) is 0 Å². The fourth-order valence-corrected chi connectivity index (χ4v) is 2.10. The van der Waals surface area contributed by atoms with Crippen LogP contribution in [0.2, 0.25) is 0 Å². The lowest BCUT2D eigenvalue weighted by atomic mass is 10.1. The molecule has 1 aliphatic rings. The van der Waals surface area contributed by atoms with Crippen LogP contribution in [-0.4, -0.2) is 49.3 Å². The molecule has 0 spiro atoms. The maximum absolute atomic E-state index is 12.0. The van der Waals surface area contributed by atoms with Crippen molar-refractivity contribution < 1.29 is 17.9 Å². The molecule has 1 aliphatic heterocycles. The van der Waals surface area contributed by atoms with Gasteiger partial charge in [0.1, 0.15) is 0 Å². The first-order valence-electron chi connectivity index (χ1n) is 5.98. The van der Waals surface area contributed by atoms with Gasteiger partial charge in [-0.1, -0.05) is 0 Å². The van der Waals surface area contributed by atoms with Crippen molar-refractivity contribution >= 4 is 11.6 Å². The summed E-state index contributed by atoms with van der Waals surface area (Å²) < 4.78 is 41.4. The minimum absolute atomic E-state index is 0.191. The summed E-state index contributed by atoms with van der Waals surface area (Å²) in [7, 11) is 0. The van der Waals surface area contributed by atoms with Gasteiger partial charge in [-0.2, -0.15) is 13.2 Å². The van der Waals surface area contributed by atoms with Crippen molar-refractivity contribution in [2.75, 3.05) is 32.1 Å². The van der Waals surface area contributed by atoms with Gasteiger partial charge in [-0.15, -0.1) is 11.6 Å². The molecule has 1 fully saturated rings. The normalized spacial score (nSPS) is 19.8. The fourth-order valence-electron chi connectivity index (χ4n) is 2.01. The number of hydrogen-bond donors (Lipinski definition) is 0. The highest BCUT2D eigenvalue weighted by atomic mass is 35.5. The second-order valence-electron chi connectivity index (χ2n) is 4.32.